The molecule has 1 aliphatic rings. The Morgan fingerprint density at radius 3 is 2.79 bits per heavy atom. The molecule has 0 aromatic carbocycles. The van der Waals surface area contributed by atoms with Gasteiger partial charge >= 0.3 is 0 Å². The topological polar surface area (TPSA) is 124 Å². The molecule has 0 spiro atoms. The Morgan fingerprint density at radius 2 is 2.21 bits per heavy atom. The number of aliphatic hydroxyl groups is 3. The number of hydrogen-bond acceptors (Lipinski definition) is 7. The lowest BCUT2D eigenvalue weighted by Gasteiger charge is -2.16. The highest BCUT2D eigenvalue weighted by Gasteiger charge is 2.42. The third-order valence-corrected chi connectivity index (χ3v) is 2.79. The number of hydrazine groups is 1. The van der Waals surface area contributed by atoms with Gasteiger partial charge in [-0.05, 0) is 12.1 Å². The van der Waals surface area contributed by atoms with E-state index < -0.39 is 37.1 Å². The summed E-state index contributed by atoms with van der Waals surface area (Å²) in [6.07, 6.45) is -1.41. The molecule has 104 valence electrons. The zero-order valence-corrected chi connectivity index (χ0v) is 9.93. The van der Waals surface area contributed by atoms with Crippen molar-refractivity contribution in [3.8, 4) is 0 Å². The van der Waals surface area contributed by atoms with Gasteiger partial charge in [-0.15, -0.1) is 0 Å². The standard InChI is InChI=1S/C11H15N3O5/c15-5-7-8(16)9(17)11(19-7)14-13-10(18)6-2-1-3-12-4-6/h1-4,7-9,11,14-17H,5H2,(H,13,18)/t7-,8+,9+,11-/m1/s1. The number of carbonyl (C=O) groups is 1. The van der Waals surface area contributed by atoms with Gasteiger partial charge in [-0.1, -0.05) is 0 Å². The van der Waals surface area contributed by atoms with Gasteiger partial charge in [0.25, 0.3) is 5.91 Å². The van der Waals surface area contributed by atoms with Crippen molar-refractivity contribution in [3.63, 3.8) is 0 Å². The molecule has 0 unspecified atom stereocenters. The van der Waals surface area contributed by atoms with Crippen LogP contribution in [-0.2, 0) is 4.74 Å². The van der Waals surface area contributed by atoms with Crippen molar-refractivity contribution in [1.82, 2.24) is 15.8 Å². The molecule has 2 rings (SSSR count). The number of hydrogen-bond donors (Lipinski definition) is 5. The smallest absolute Gasteiger partial charge is 0.267 e. The Hall–Kier alpha value is -1.58. The Bertz CT molecular complexity index is 430. The van der Waals surface area contributed by atoms with Crippen LogP contribution in [0.2, 0.25) is 0 Å². The van der Waals surface area contributed by atoms with Gasteiger partial charge in [0.1, 0.15) is 18.3 Å². The number of aromatic nitrogens is 1. The number of aliphatic hydroxyl groups excluding tert-OH is 3. The summed E-state index contributed by atoms with van der Waals surface area (Å²) in [5, 5.41) is 28.1. The summed E-state index contributed by atoms with van der Waals surface area (Å²) in [4.78, 5) is 15.5. The van der Waals surface area contributed by atoms with Crippen LogP contribution in [0, 0.1) is 0 Å². The molecule has 1 aromatic heterocycles. The molecule has 0 aliphatic carbocycles. The summed E-state index contributed by atoms with van der Waals surface area (Å²) >= 11 is 0. The molecule has 0 bridgehead atoms. The van der Waals surface area contributed by atoms with Crippen LogP contribution >= 0.6 is 0 Å². The van der Waals surface area contributed by atoms with E-state index in [1.165, 1.54) is 12.4 Å². The molecule has 8 nitrogen and oxygen atoms in total. The Morgan fingerprint density at radius 1 is 1.42 bits per heavy atom. The highest BCUT2D eigenvalue weighted by Crippen LogP contribution is 2.18. The Kier molecular flexibility index (Phi) is 4.40. The molecular formula is C11H15N3O5. The van der Waals surface area contributed by atoms with Crippen LogP contribution in [0.15, 0.2) is 24.5 Å². The van der Waals surface area contributed by atoms with Gasteiger partial charge in [-0.2, -0.15) is 0 Å². The van der Waals surface area contributed by atoms with Gasteiger partial charge in [-0.25, -0.2) is 5.43 Å². The van der Waals surface area contributed by atoms with Crippen LogP contribution in [0.4, 0.5) is 0 Å². The molecule has 0 radical (unpaired) electrons. The molecule has 1 amide bonds. The van der Waals surface area contributed by atoms with E-state index in [9.17, 15) is 15.0 Å². The molecule has 0 saturated carbocycles. The molecule has 1 aromatic rings. The number of pyridine rings is 1. The van der Waals surface area contributed by atoms with E-state index in [0.29, 0.717) is 5.56 Å². The summed E-state index contributed by atoms with van der Waals surface area (Å²) in [6, 6.07) is 3.18. The SMILES string of the molecule is O=C(NN[C@@H]1O[C@H](CO)[C@H](O)[C@@H]1O)c1cccnc1. The van der Waals surface area contributed by atoms with E-state index in [0.717, 1.165) is 0 Å². The first-order valence-corrected chi connectivity index (χ1v) is 5.72. The monoisotopic (exact) mass is 269 g/mol. The minimum atomic E-state index is -1.24. The maximum absolute atomic E-state index is 11.7. The second-order valence-corrected chi connectivity index (χ2v) is 4.10. The minimum absolute atomic E-state index is 0.335. The van der Waals surface area contributed by atoms with Crippen molar-refractivity contribution in [2.75, 3.05) is 6.61 Å². The highest BCUT2D eigenvalue weighted by molar-refractivity contribution is 5.93. The molecule has 1 fully saturated rings. The molecule has 1 saturated heterocycles. The fourth-order valence-corrected chi connectivity index (χ4v) is 1.72. The van der Waals surface area contributed by atoms with Crippen molar-refractivity contribution in [3.05, 3.63) is 30.1 Å². The molecular weight excluding hydrogens is 254 g/mol. The third kappa shape index (κ3) is 3.06. The van der Waals surface area contributed by atoms with E-state index in [2.05, 4.69) is 15.8 Å². The number of rotatable bonds is 4. The summed E-state index contributed by atoms with van der Waals surface area (Å²) in [5.74, 6) is -0.453. The van der Waals surface area contributed by atoms with Crippen molar-refractivity contribution in [2.24, 2.45) is 0 Å². The Balaban J connectivity index is 1.88. The number of amides is 1. The number of carbonyl (C=O) groups excluding carboxylic acids is 1. The van der Waals surface area contributed by atoms with Crippen molar-refractivity contribution in [1.29, 1.82) is 0 Å². The molecule has 2 heterocycles. The zero-order chi connectivity index (χ0) is 13.8. The van der Waals surface area contributed by atoms with Gasteiger partial charge in [-0.3, -0.25) is 15.2 Å². The third-order valence-electron chi connectivity index (χ3n) is 2.79. The highest BCUT2D eigenvalue weighted by atomic mass is 16.6. The minimum Gasteiger partial charge on any atom is -0.394 e. The first kappa shape index (κ1) is 13.8. The first-order valence-electron chi connectivity index (χ1n) is 5.72. The summed E-state index contributed by atoms with van der Waals surface area (Å²) in [6.45, 7) is -0.424. The van der Waals surface area contributed by atoms with E-state index in [-0.39, 0.29) is 0 Å². The molecule has 8 heteroatoms. The van der Waals surface area contributed by atoms with E-state index in [1.54, 1.807) is 12.1 Å². The first-order chi connectivity index (χ1) is 9.13. The van der Waals surface area contributed by atoms with Crippen LogP contribution < -0.4 is 10.9 Å². The summed E-state index contributed by atoms with van der Waals surface area (Å²) in [7, 11) is 0. The number of nitrogens with one attached hydrogen (secondary N) is 2. The normalized spacial score (nSPS) is 30.3. The van der Waals surface area contributed by atoms with E-state index in [1.807, 2.05) is 0 Å². The van der Waals surface area contributed by atoms with Gasteiger partial charge in [0.15, 0.2) is 6.23 Å². The summed E-state index contributed by atoms with van der Waals surface area (Å²) < 4.78 is 5.13. The average molecular weight is 269 g/mol. The van der Waals surface area contributed by atoms with Crippen molar-refractivity contribution < 1.29 is 24.9 Å². The van der Waals surface area contributed by atoms with Crippen LogP contribution in [0.1, 0.15) is 10.4 Å². The average Bonchev–Trinajstić information content (AvgIpc) is 2.73. The maximum Gasteiger partial charge on any atom is 0.267 e. The van der Waals surface area contributed by atoms with E-state index in [4.69, 9.17) is 9.84 Å². The van der Waals surface area contributed by atoms with E-state index >= 15 is 0 Å². The molecule has 1 aliphatic heterocycles. The second-order valence-electron chi connectivity index (χ2n) is 4.10. The Labute approximate surface area is 109 Å². The van der Waals surface area contributed by atoms with Crippen LogP contribution in [0.3, 0.4) is 0 Å². The zero-order valence-electron chi connectivity index (χ0n) is 9.93. The number of ether oxygens (including phenoxy) is 1. The van der Waals surface area contributed by atoms with Crippen molar-refractivity contribution >= 4 is 5.91 Å². The van der Waals surface area contributed by atoms with Gasteiger partial charge < -0.3 is 20.1 Å². The predicted octanol–water partition coefficient (Wildman–Crippen LogP) is -2.24. The second kappa shape index (κ2) is 6.04. The predicted molar refractivity (Wildman–Crippen MR) is 62.6 cm³/mol. The van der Waals surface area contributed by atoms with Crippen LogP contribution in [0.25, 0.3) is 0 Å². The fourth-order valence-electron chi connectivity index (χ4n) is 1.72. The maximum atomic E-state index is 11.7. The molecule has 19 heavy (non-hydrogen) atoms. The fraction of sp³-hybridized carbons (Fsp3) is 0.455. The lowest BCUT2D eigenvalue weighted by molar-refractivity contribution is -0.0375. The van der Waals surface area contributed by atoms with Crippen LogP contribution in [-0.4, -0.2) is 57.4 Å². The molecule has 5 N–H and O–H groups in total. The number of nitrogens with zero attached hydrogens (tertiary/aromatic N) is 1. The van der Waals surface area contributed by atoms with Gasteiger partial charge in [0.05, 0.1) is 12.2 Å². The largest absolute Gasteiger partial charge is 0.394 e. The lowest BCUT2D eigenvalue weighted by atomic mass is 10.1. The lowest BCUT2D eigenvalue weighted by Crippen LogP contribution is -2.49. The van der Waals surface area contributed by atoms with Gasteiger partial charge in [0, 0.05) is 12.4 Å². The quantitative estimate of drug-likeness (QED) is 0.391. The van der Waals surface area contributed by atoms with Gasteiger partial charge in [0.2, 0.25) is 0 Å². The van der Waals surface area contributed by atoms with Crippen LogP contribution in [0.5, 0.6) is 0 Å². The van der Waals surface area contributed by atoms with Crippen molar-refractivity contribution in [2.45, 2.75) is 24.5 Å². The summed E-state index contributed by atoms with van der Waals surface area (Å²) in [5.41, 5.74) is 5.12. The molecule has 4 atom stereocenters.